The Morgan fingerprint density at radius 3 is 0.741 bits per heavy atom. The normalized spacial score (nSPS) is 10.4. The van der Waals surface area contributed by atoms with Crippen molar-refractivity contribution in [2.45, 2.75) is 0 Å². The Kier molecular flexibility index (Phi) is 6.16. The fourth-order valence-corrected chi connectivity index (χ4v) is 7.77. The quantitative estimate of drug-likeness (QED) is 0.388. The monoisotopic (exact) mass is 365 g/mol. The molecule has 2 heteroatoms. The fourth-order valence-electron chi connectivity index (χ4n) is 3.50. The maximum Gasteiger partial charge on any atom is 0.144 e. The minimum atomic E-state index is -1.91. The molecule has 0 aliphatic heterocycles. The van der Waals surface area contributed by atoms with E-state index in [9.17, 15) is 0 Å². The van der Waals surface area contributed by atoms with E-state index in [1.807, 2.05) is 0 Å². The average Bonchev–Trinajstić information content (AvgIpc) is 2.79. The summed E-state index contributed by atoms with van der Waals surface area (Å²) in [6, 6.07) is 43.8. The van der Waals surface area contributed by atoms with E-state index in [1.54, 1.807) is 0 Å². The summed E-state index contributed by atoms with van der Waals surface area (Å²) in [5, 5.41) is 11.8. The van der Waals surface area contributed by atoms with Gasteiger partial charge < -0.3 is 11.8 Å². The van der Waals surface area contributed by atoms with Gasteiger partial charge in [0, 0.05) is 0 Å². The highest BCUT2D eigenvalue weighted by atomic mass is 31.2. The topological polar surface area (TPSA) is 23.8 Å². The lowest BCUT2D eigenvalue weighted by atomic mass is 10.3. The van der Waals surface area contributed by atoms with Gasteiger partial charge in [-0.1, -0.05) is 72.8 Å². The first kappa shape index (κ1) is 18.6. The van der Waals surface area contributed by atoms with E-state index in [4.69, 9.17) is 11.8 Å². The van der Waals surface area contributed by atoms with Gasteiger partial charge in [0.05, 0.1) is 0 Å². The SMILES string of the molecule is [C-]#N.c1ccc([P+](c2ccccc2)(c2ccccc2)c2ccccc2)cc1. The predicted octanol–water partition coefficient (Wildman–Crippen LogP) is 4.40. The highest BCUT2D eigenvalue weighted by Gasteiger charge is 2.47. The third kappa shape index (κ3) is 3.54. The Hall–Kier alpha value is -3.20. The first-order valence-electron chi connectivity index (χ1n) is 8.76. The molecule has 1 nitrogen and oxygen atoms in total. The van der Waals surface area contributed by atoms with Crippen LogP contribution in [0, 0.1) is 11.8 Å². The molecule has 0 N–H and O–H groups in total. The molecule has 0 aromatic heterocycles. The zero-order chi connectivity index (χ0) is 19.0. The lowest BCUT2D eigenvalue weighted by Crippen LogP contribution is -2.38. The van der Waals surface area contributed by atoms with Gasteiger partial charge in [-0.05, 0) is 48.5 Å². The second-order valence-corrected chi connectivity index (χ2v) is 9.42. The smallest absolute Gasteiger partial charge is 0.144 e. The lowest BCUT2D eigenvalue weighted by Gasteiger charge is -2.27. The molecule has 4 rings (SSSR count). The number of hydrogen-bond acceptors (Lipinski definition) is 1. The molecule has 0 atom stereocenters. The van der Waals surface area contributed by atoms with Crippen LogP contribution in [0.5, 0.6) is 0 Å². The number of rotatable bonds is 4. The maximum absolute atomic E-state index is 6.25. The highest BCUT2D eigenvalue weighted by molar-refractivity contribution is 8.01. The van der Waals surface area contributed by atoms with Crippen LogP contribution in [0.2, 0.25) is 0 Å². The molecule has 4 aromatic carbocycles. The third-order valence-corrected chi connectivity index (χ3v) is 8.86. The van der Waals surface area contributed by atoms with Crippen molar-refractivity contribution in [2.75, 3.05) is 0 Å². The summed E-state index contributed by atoms with van der Waals surface area (Å²) in [6.07, 6.45) is 0. The van der Waals surface area contributed by atoms with Crippen molar-refractivity contribution >= 4 is 28.5 Å². The van der Waals surface area contributed by atoms with Crippen molar-refractivity contribution in [3.8, 4) is 0 Å². The van der Waals surface area contributed by atoms with Crippen LogP contribution in [0.4, 0.5) is 0 Å². The highest BCUT2D eigenvalue weighted by Crippen LogP contribution is 2.53. The zero-order valence-corrected chi connectivity index (χ0v) is 15.8. The molecule has 0 saturated heterocycles. The Labute approximate surface area is 161 Å². The molecule has 0 radical (unpaired) electrons. The summed E-state index contributed by atoms with van der Waals surface area (Å²) in [4.78, 5) is 0. The molecule has 0 spiro atoms. The molecule has 0 amide bonds. The molecule has 0 fully saturated rings. The maximum atomic E-state index is 6.25. The van der Waals surface area contributed by atoms with E-state index in [-0.39, 0.29) is 0 Å². The van der Waals surface area contributed by atoms with Gasteiger partial charge >= 0.3 is 0 Å². The summed E-state index contributed by atoms with van der Waals surface area (Å²) in [6.45, 7) is 4.75. The van der Waals surface area contributed by atoms with Crippen LogP contribution in [-0.4, -0.2) is 0 Å². The standard InChI is InChI=1S/C24H20P.CN/c1-5-13-21(14-6-1)25(22-15-7-2-8-16-22,23-17-9-3-10-18-23)24-19-11-4-12-20-24;1-2/h1-20H;/q+1;-1. The summed E-state index contributed by atoms with van der Waals surface area (Å²) in [5.41, 5.74) is 0. The largest absolute Gasteiger partial charge is 0.512 e. The van der Waals surface area contributed by atoms with Gasteiger partial charge in [-0.2, -0.15) is 0 Å². The van der Waals surface area contributed by atoms with Crippen LogP contribution in [0.15, 0.2) is 121 Å². The molecule has 130 valence electrons. The third-order valence-electron chi connectivity index (χ3n) is 4.57. The van der Waals surface area contributed by atoms with Crippen LogP contribution in [0.25, 0.3) is 0 Å². The first-order valence-corrected chi connectivity index (χ1v) is 10.5. The van der Waals surface area contributed by atoms with Gasteiger partial charge in [-0.15, -0.1) is 0 Å². The van der Waals surface area contributed by atoms with Gasteiger partial charge in [0.1, 0.15) is 28.5 Å². The van der Waals surface area contributed by atoms with E-state index >= 15 is 0 Å². The number of nitrogens with zero attached hydrogens (tertiary/aromatic N) is 1. The van der Waals surface area contributed by atoms with Crippen LogP contribution in [0.3, 0.4) is 0 Å². The van der Waals surface area contributed by atoms with Crippen molar-refractivity contribution in [3.63, 3.8) is 0 Å². The van der Waals surface area contributed by atoms with Crippen LogP contribution in [0.1, 0.15) is 0 Å². The number of hydrogen-bond donors (Lipinski definition) is 0. The summed E-state index contributed by atoms with van der Waals surface area (Å²) < 4.78 is 0. The van der Waals surface area contributed by atoms with Crippen molar-refractivity contribution in [2.24, 2.45) is 0 Å². The minimum absolute atomic E-state index is 1.39. The van der Waals surface area contributed by atoms with Crippen LogP contribution >= 0.6 is 7.26 Å². The molecule has 0 aliphatic rings. The Bertz CT molecular complexity index is 801. The minimum Gasteiger partial charge on any atom is -0.512 e. The molecule has 0 aliphatic carbocycles. The van der Waals surface area contributed by atoms with E-state index in [0.29, 0.717) is 0 Å². The van der Waals surface area contributed by atoms with E-state index in [1.165, 1.54) is 21.2 Å². The molecule has 0 heterocycles. The van der Waals surface area contributed by atoms with Gasteiger partial charge in [-0.25, -0.2) is 0 Å². The Balaban J connectivity index is 0.00000102. The van der Waals surface area contributed by atoms with Crippen LogP contribution in [-0.2, 0) is 0 Å². The predicted molar refractivity (Wildman–Crippen MR) is 116 cm³/mol. The van der Waals surface area contributed by atoms with Gasteiger partial charge in [-0.3, -0.25) is 0 Å². The van der Waals surface area contributed by atoms with Crippen molar-refractivity contribution < 1.29 is 0 Å². The van der Waals surface area contributed by atoms with Gasteiger partial charge in [0.25, 0.3) is 0 Å². The fraction of sp³-hybridized carbons (Fsp3) is 0. The van der Waals surface area contributed by atoms with E-state index < -0.39 is 7.26 Å². The summed E-state index contributed by atoms with van der Waals surface area (Å²) >= 11 is 0. The second kappa shape index (κ2) is 8.95. The molecule has 4 aromatic rings. The van der Waals surface area contributed by atoms with E-state index in [0.717, 1.165) is 0 Å². The Morgan fingerprint density at radius 2 is 0.556 bits per heavy atom. The summed E-state index contributed by atoms with van der Waals surface area (Å²) in [5.74, 6) is 0. The van der Waals surface area contributed by atoms with E-state index in [2.05, 4.69) is 121 Å². The van der Waals surface area contributed by atoms with Crippen molar-refractivity contribution in [1.29, 1.82) is 5.26 Å². The molecular formula is C25H20NP. The van der Waals surface area contributed by atoms with Crippen molar-refractivity contribution in [3.05, 3.63) is 128 Å². The average molecular weight is 365 g/mol. The molecule has 0 bridgehead atoms. The van der Waals surface area contributed by atoms with Crippen LogP contribution < -0.4 is 21.2 Å². The lowest BCUT2D eigenvalue weighted by molar-refractivity contribution is 1.53. The van der Waals surface area contributed by atoms with Crippen molar-refractivity contribution in [1.82, 2.24) is 0 Å². The second-order valence-electron chi connectivity index (χ2n) is 6.01. The molecular weight excluding hydrogens is 345 g/mol. The molecule has 0 unspecified atom stereocenters. The van der Waals surface area contributed by atoms with Gasteiger partial charge in [0.15, 0.2) is 0 Å². The summed E-state index contributed by atoms with van der Waals surface area (Å²) in [7, 11) is -1.91. The number of benzene rings is 4. The first-order chi connectivity index (χ1) is 13.4. The Morgan fingerprint density at radius 1 is 0.370 bits per heavy atom. The zero-order valence-electron chi connectivity index (χ0n) is 14.9. The molecule has 27 heavy (non-hydrogen) atoms. The molecule has 0 saturated carbocycles. The van der Waals surface area contributed by atoms with Gasteiger partial charge in [0.2, 0.25) is 0 Å².